The number of hydrogen-bond donors (Lipinski definition) is 0. The Morgan fingerprint density at radius 3 is 2.58 bits per heavy atom. The lowest BCUT2D eigenvalue weighted by Gasteiger charge is -2.17. The average Bonchev–Trinajstić information content (AvgIpc) is 3.19. The number of fused-ring (bicyclic) bond motifs is 1. The van der Waals surface area contributed by atoms with Crippen LogP contribution in [0.4, 0.5) is 5.69 Å². The minimum absolute atomic E-state index is 0.0509. The second-order valence-electron chi connectivity index (χ2n) is 6.38. The average molecular weight is 317 g/mol. The highest BCUT2D eigenvalue weighted by atomic mass is 16.2. The van der Waals surface area contributed by atoms with Crippen LogP contribution in [-0.4, -0.2) is 22.2 Å². The molecule has 0 bridgehead atoms. The first kappa shape index (κ1) is 14.7. The Morgan fingerprint density at radius 1 is 1.12 bits per heavy atom. The number of aryl methyl sites for hydroxylation is 1. The largest absolute Gasteiger partial charge is 0.307 e. The molecule has 3 aromatic rings. The Bertz CT molecular complexity index is 895. The molecule has 24 heavy (non-hydrogen) atoms. The van der Waals surface area contributed by atoms with Crippen molar-refractivity contribution < 1.29 is 4.79 Å². The molecule has 0 aliphatic carbocycles. The van der Waals surface area contributed by atoms with Crippen molar-refractivity contribution in [1.82, 2.24) is 9.78 Å². The molecule has 0 radical (unpaired) electrons. The molecule has 0 spiro atoms. The van der Waals surface area contributed by atoms with Gasteiger partial charge in [-0.1, -0.05) is 25.1 Å². The summed E-state index contributed by atoms with van der Waals surface area (Å²) in [5, 5.41) is 4.30. The Morgan fingerprint density at radius 2 is 1.88 bits per heavy atom. The van der Waals surface area contributed by atoms with Crippen LogP contribution >= 0.6 is 0 Å². The van der Waals surface area contributed by atoms with E-state index in [1.54, 1.807) is 0 Å². The smallest absolute Gasteiger partial charge is 0.258 e. The van der Waals surface area contributed by atoms with Crippen LogP contribution in [0.5, 0.6) is 0 Å². The van der Waals surface area contributed by atoms with E-state index in [1.165, 1.54) is 5.56 Å². The maximum absolute atomic E-state index is 12.9. The van der Waals surface area contributed by atoms with Gasteiger partial charge in [-0.15, -0.1) is 0 Å². The number of hydrogen-bond acceptors (Lipinski definition) is 2. The second-order valence-corrected chi connectivity index (χ2v) is 6.38. The molecule has 0 saturated heterocycles. The summed E-state index contributed by atoms with van der Waals surface area (Å²) < 4.78 is 1.82. The second kappa shape index (κ2) is 5.64. The number of nitrogens with zero attached hydrogens (tertiary/aromatic N) is 3. The van der Waals surface area contributed by atoms with Crippen LogP contribution in [0.1, 0.15) is 34.3 Å². The molecule has 0 unspecified atom stereocenters. The highest BCUT2D eigenvalue weighted by Crippen LogP contribution is 2.36. The lowest BCUT2D eigenvalue weighted by molar-refractivity contribution is 0.0988. The van der Waals surface area contributed by atoms with Crippen molar-refractivity contribution in [3.8, 4) is 5.69 Å². The van der Waals surface area contributed by atoms with Gasteiger partial charge in [0, 0.05) is 29.9 Å². The number of para-hydroxylation sites is 1. The molecule has 4 rings (SSSR count). The summed E-state index contributed by atoms with van der Waals surface area (Å²) in [6, 6.07) is 15.8. The van der Waals surface area contributed by atoms with E-state index in [0.717, 1.165) is 23.5 Å². The summed E-state index contributed by atoms with van der Waals surface area (Å²) in [5.74, 6) is 0.423. The summed E-state index contributed by atoms with van der Waals surface area (Å²) >= 11 is 0. The SMILES string of the molecule is Cc1cnn(-c2ccc(C(=O)N3C[C@@H](C)c4ccccc43)cc2)c1. The van der Waals surface area contributed by atoms with Gasteiger partial charge in [-0.2, -0.15) is 5.10 Å². The number of amides is 1. The topological polar surface area (TPSA) is 38.1 Å². The predicted octanol–water partition coefficient (Wildman–Crippen LogP) is 3.94. The highest BCUT2D eigenvalue weighted by molar-refractivity contribution is 6.07. The van der Waals surface area contributed by atoms with Crippen LogP contribution in [0.15, 0.2) is 60.9 Å². The third kappa shape index (κ3) is 2.40. The summed E-state index contributed by atoms with van der Waals surface area (Å²) in [4.78, 5) is 14.8. The third-order valence-corrected chi connectivity index (χ3v) is 4.55. The van der Waals surface area contributed by atoms with Crippen LogP contribution in [0.3, 0.4) is 0 Å². The standard InChI is InChI=1S/C20H19N3O/c1-14-11-21-23(12-14)17-9-7-16(8-10-17)20(24)22-13-15(2)18-5-3-4-6-19(18)22/h3-12,15H,13H2,1-2H3/t15-/m1/s1. The van der Waals surface area contributed by atoms with E-state index in [-0.39, 0.29) is 5.91 Å². The molecule has 4 heteroatoms. The van der Waals surface area contributed by atoms with E-state index in [2.05, 4.69) is 18.1 Å². The quantitative estimate of drug-likeness (QED) is 0.718. The molecule has 1 amide bonds. The molecule has 1 aromatic heterocycles. The first-order chi connectivity index (χ1) is 11.6. The molecule has 1 aliphatic heterocycles. The number of aromatic nitrogens is 2. The molecule has 4 nitrogen and oxygen atoms in total. The lowest BCUT2D eigenvalue weighted by atomic mass is 10.0. The zero-order valence-corrected chi connectivity index (χ0v) is 13.8. The fourth-order valence-corrected chi connectivity index (χ4v) is 3.28. The van der Waals surface area contributed by atoms with E-state index >= 15 is 0 Å². The van der Waals surface area contributed by atoms with Gasteiger partial charge >= 0.3 is 0 Å². The van der Waals surface area contributed by atoms with Crippen molar-refractivity contribution in [2.45, 2.75) is 19.8 Å². The van der Waals surface area contributed by atoms with Gasteiger partial charge in [0.25, 0.3) is 5.91 Å². The van der Waals surface area contributed by atoms with Gasteiger partial charge in [0.15, 0.2) is 0 Å². The zero-order chi connectivity index (χ0) is 16.7. The van der Waals surface area contributed by atoms with Crippen molar-refractivity contribution in [2.75, 3.05) is 11.4 Å². The number of benzene rings is 2. The normalized spacial score (nSPS) is 16.2. The Balaban J connectivity index is 1.62. The first-order valence-corrected chi connectivity index (χ1v) is 8.16. The molecule has 0 N–H and O–H groups in total. The molecule has 2 heterocycles. The van der Waals surface area contributed by atoms with Crippen LogP contribution in [-0.2, 0) is 0 Å². The highest BCUT2D eigenvalue weighted by Gasteiger charge is 2.29. The molecule has 0 saturated carbocycles. The molecule has 1 atom stereocenters. The number of anilines is 1. The molecule has 120 valence electrons. The molecular weight excluding hydrogens is 298 g/mol. The van der Waals surface area contributed by atoms with E-state index in [1.807, 2.05) is 71.4 Å². The number of carbonyl (C=O) groups excluding carboxylic acids is 1. The van der Waals surface area contributed by atoms with Crippen molar-refractivity contribution in [3.05, 3.63) is 77.6 Å². The van der Waals surface area contributed by atoms with Gasteiger partial charge in [0.05, 0.1) is 11.9 Å². The van der Waals surface area contributed by atoms with Crippen molar-refractivity contribution >= 4 is 11.6 Å². The minimum Gasteiger partial charge on any atom is -0.307 e. The lowest BCUT2D eigenvalue weighted by Crippen LogP contribution is -2.29. The van der Waals surface area contributed by atoms with Gasteiger partial charge in [0.1, 0.15) is 0 Å². The number of rotatable bonds is 2. The van der Waals surface area contributed by atoms with Gasteiger partial charge in [-0.25, -0.2) is 4.68 Å². The fourth-order valence-electron chi connectivity index (χ4n) is 3.28. The predicted molar refractivity (Wildman–Crippen MR) is 94.8 cm³/mol. The summed E-state index contributed by atoms with van der Waals surface area (Å²) in [7, 11) is 0. The molecule has 0 fully saturated rings. The van der Waals surface area contributed by atoms with Gasteiger partial charge < -0.3 is 4.90 Å². The fraction of sp³-hybridized carbons (Fsp3) is 0.200. The van der Waals surface area contributed by atoms with E-state index < -0.39 is 0 Å². The monoisotopic (exact) mass is 317 g/mol. The van der Waals surface area contributed by atoms with Gasteiger partial charge in [-0.3, -0.25) is 4.79 Å². The van der Waals surface area contributed by atoms with E-state index in [4.69, 9.17) is 0 Å². The zero-order valence-electron chi connectivity index (χ0n) is 13.8. The van der Waals surface area contributed by atoms with E-state index in [0.29, 0.717) is 11.5 Å². The third-order valence-electron chi connectivity index (χ3n) is 4.55. The van der Waals surface area contributed by atoms with Crippen molar-refractivity contribution in [1.29, 1.82) is 0 Å². The molecule has 1 aliphatic rings. The molecular formula is C20H19N3O. The maximum Gasteiger partial charge on any atom is 0.258 e. The van der Waals surface area contributed by atoms with Crippen LogP contribution in [0.25, 0.3) is 5.69 Å². The van der Waals surface area contributed by atoms with Crippen LogP contribution < -0.4 is 4.90 Å². The Labute approximate surface area is 141 Å². The van der Waals surface area contributed by atoms with Gasteiger partial charge in [0.2, 0.25) is 0 Å². The Kier molecular flexibility index (Phi) is 3.45. The first-order valence-electron chi connectivity index (χ1n) is 8.16. The van der Waals surface area contributed by atoms with E-state index in [9.17, 15) is 4.79 Å². The number of carbonyl (C=O) groups is 1. The van der Waals surface area contributed by atoms with Crippen LogP contribution in [0.2, 0.25) is 0 Å². The van der Waals surface area contributed by atoms with Crippen molar-refractivity contribution in [3.63, 3.8) is 0 Å². The summed E-state index contributed by atoms with van der Waals surface area (Å²) in [5.41, 5.74) is 5.04. The Hall–Kier alpha value is -2.88. The molecule has 2 aromatic carbocycles. The summed E-state index contributed by atoms with van der Waals surface area (Å²) in [6.45, 7) is 4.90. The van der Waals surface area contributed by atoms with Crippen molar-refractivity contribution in [2.24, 2.45) is 0 Å². The van der Waals surface area contributed by atoms with Crippen LogP contribution in [0, 0.1) is 6.92 Å². The summed E-state index contributed by atoms with van der Waals surface area (Å²) in [6.07, 6.45) is 3.79. The van der Waals surface area contributed by atoms with Gasteiger partial charge in [-0.05, 0) is 48.4 Å². The maximum atomic E-state index is 12.9. The minimum atomic E-state index is 0.0509.